The predicted octanol–water partition coefficient (Wildman–Crippen LogP) is 1.45. The molecule has 1 aromatic carbocycles. The number of nitrogens with zero attached hydrogens (tertiary/aromatic N) is 1. The van der Waals surface area contributed by atoms with Crippen molar-refractivity contribution >= 4 is 23.5 Å². The summed E-state index contributed by atoms with van der Waals surface area (Å²) < 4.78 is 5.40. The molecular weight excluding hydrogens is 308 g/mol. The quantitative estimate of drug-likeness (QED) is 0.513. The highest BCUT2D eigenvalue weighted by molar-refractivity contribution is 6.30. The van der Waals surface area contributed by atoms with Crippen molar-refractivity contribution in [2.24, 2.45) is 0 Å². The van der Waals surface area contributed by atoms with Gasteiger partial charge in [-0.25, -0.2) is 4.79 Å². The summed E-state index contributed by atoms with van der Waals surface area (Å²) in [6.07, 6.45) is 2.35. The molecule has 0 bridgehead atoms. The highest BCUT2D eigenvalue weighted by atomic mass is 35.5. The average molecular weight is 321 g/mol. The third-order valence-corrected chi connectivity index (χ3v) is 2.99. The van der Waals surface area contributed by atoms with Gasteiger partial charge in [0.2, 0.25) is 0 Å². The van der Waals surface area contributed by atoms with E-state index in [0.29, 0.717) is 16.3 Å². The molecule has 0 aliphatic rings. The molecule has 1 heterocycles. The van der Waals surface area contributed by atoms with Crippen LogP contribution in [-0.4, -0.2) is 18.5 Å². The zero-order valence-corrected chi connectivity index (χ0v) is 12.2. The Kier molecular flexibility index (Phi) is 5.32. The molecule has 2 rings (SSSR count). The Bertz CT molecular complexity index is 673. The van der Waals surface area contributed by atoms with Crippen molar-refractivity contribution in [1.82, 2.24) is 5.32 Å². The van der Waals surface area contributed by atoms with Crippen LogP contribution in [-0.2, 0) is 16.1 Å². The van der Waals surface area contributed by atoms with Gasteiger partial charge in [-0.05, 0) is 17.7 Å². The van der Waals surface area contributed by atoms with Crippen molar-refractivity contribution in [3.8, 4) is 0 Å². The Morgan fingerprint density at radius 3 is 2.64 bits per heavy atom. The van der Waals surface area contributed by atoms with Crippen LogP contribution < -0.4 is 10.0 Å². The van der Waals surface area contributed by atoms with E-state index in [1.807, 2.05) is 6.07 Å². The Labute approximate surface area is 131 Å². The second-order valence-corrected chi connectivity index (χ2v) is 4.87. The minimum Gasteiger partial charge on any atom is -0.619 e. The van der Waals surface area contributed by atoms with Gasteiger partial charge in [0.05, 0.1) is 5.56 Å². The SMILES string of the molecule is O=C(COC(=O)c1cc[n+]([O-])cc1)NCc1cccc(Cl)c1. The van der Waals surface area contributed by atoms with Gasteiger partial charge < -0.3 is 15.3 Å². The summed E-state index contributed by atoms with van der Waals surface area (Å²) in [6.45, 7) is -0.107. The number of carbonyl (C=O) groups is 2. The van der Waals surface area contributed by atoms with Crippen molar-refractivity contribution in [3.63, 3.8) is 0 Å². The van der Waals surface area contributed by atoms with Crippen molar-refractivity contribution in [2.45, 2.75) is 6.54 Å². The summed E-state index contributed by atoms with van der Waals surface area (Å²) in [6, 6.07) is 9.70. The number of esters is 1. The van der Waals surface area contributed by atoms with E-state index < -0.39 is 18.5 Å². The first-order valence-corrected chi connectivity index (χ1v) is 6.79. The van der Waals surface area contributed by atoms with Crippen LogP contribution in [0.25, 0.3) is 0 Å². The van der Waals surface area contributed by atoms with Crippen LogP contribution in [0.1, 0.15) is 15.9 Å². The van der Waals surface area contributed by atoms with Gasteiger partial charge in [-0.3, -0.25) is 4.79 Å². The number of hydrogen-bond donors (Lipinski definition) is 1. The maximum atomic E-state index is 11.6. The molecule has 0 radical (unpaired) electrons. The Morgan fingerprint density at radius 2 is 1.95 bits per heavy atom. The second-order valence-electron chi connectivity index (χ2n) is 4.43. The van der Waals surface area contributed by atoms with Crippen molar-refractivity contribution in [1.29, 1.82) is 0 Å². The molecule has 0 aliphatic carbocycles. The minimum absolute atomic E-state index is 0.203. The van der Waals surface area contributed by atoms with Crippen LogP contribution in [0.5, 0.6) is 0 Å². The summed E-state index contributed by atoms with van der Waals surface area (Å²) in [4.78, 5) is 23.3. The van der Waals surface area contributed by atoms with E-state index in [2.05, 4.69) is 5.32 Å². The Morgan fingerprint density at radius 1 is 1.23 bits per heavy atom. The van der Waals surface area contributed by atoms with Crippen LogP contribution in [0.15, 0.2) is 48.8 Å². The molecule has 1 N–H and O–H groups in total. The van der Waals surface area contributed by atoms with E-state index in [1.165, 1.54) is 24.5 Å². The van der Waals surface area contributed by atoms with Gasteiger partial charge in [-0.15, -0.1) is 0 Å². The van der Waals surface area contributed by atoms with Crippen LogP contribution in [0.2, 0.25) is 5.02 Å². The highest BCUT2D eigenvalue weighted by Gasteiger charge is 2.11. The van der Waals surface area contributed by atoms with Crippen molar-refractivity contribution in [3.05, 3.63) is 70.1 Å². The van der Waals surface area contributed by atoms with Gasteiger partial charge >= 0.3 is 5.97 Å². The lowest BCUT2D eigenvalue weighted by Crippen LogP contribution is -2.29. The van der Waals surface area contributed by atoms with Crippen LogP contribution in [0.4, 0.5) is 0 Å². The molecule has 0 atom stereocenters. The number of pyridine rings is 1. The van der Waals surface area contributed by atoms with Crippen molar-refractivity contribution in [2.75, 3.05) is 6.61 Å². The zero-order valence-electron chi connectivity index (χ0n) is 11.5. The number of hydrogen-bond acceptors (Lipinski definition) is 4. The lowest BCUT2D eigenvalue weighted by atomic mass is 10.2. The predicted molar refractivity (Wildman–Crippen MR) is 79.0 cm³/mol. The maximum absolute atomic E-state index is 11.6. The first-order valence-electron chi connectivity index (χ1n) is 6.42. The average Bonchev–Trinajstić information content (AvgIpc) is 2.51. The summed E-state index contributed by atoms with van der Waals surface area (Å²) in [7, 11) is 0. The highest BCUT2D eigenvalue weighted by Crippen LogP contribution is 2.10. The smallest absolute Gasteiger partial charge is 0.339 e. The molecule has 114 valence electrons. The number of ether oxygens (including phenoxy) is 1. The lowest BCUT2D eigenvalue weighted by Gasteiger charge is -2.07. The van der Waals surface area contributed by atoms with Crippen LogP contribution in [0.3, 0.4) is 0 Å². The molecule has 7 heteroatoms. The van der Waals surface area contributed by atoms with Crippen LogP contribution >= 0.6 is 11.6 Å². The topological polar surface area (TPSA) is 82.3 Å². The zero-order chi connectivity index (χ0) is 15.9. The summed E-state index contributed by atoms with van der Waals surface area (Å²) in [5.74, 6) is -1.10. The first kappa shape index (κ1) is 15.8. The molecule has 2 aromatic rings. The normalized spacial score (nSPS) is 10.0. The van der Waals surface area contributed by atoms with E-state index in [4.69, 9.17) is 16.3 Å². The van der Waals surface area contributed by atoms with Gasteiger partial charge in [0.25, 0.3) is 5.91 Å². The number of nitrogens with one attached hydrogen (secondary N) is 1. The number of rotatable bonds is 5. The van der Waals surface area contributed by atoms with Gasteiger partial charge in [-0.2, -0.15) is 4.73 Å². The second kappa shape index (κ2) is 7.42. The molecule has 0 unspecified atom stereocenters. The van der Waals surface area contributed by atoms with E-state index in [9.17, 15) is 14.8 Å². The van der Waals surface area contributed by atoms with Gasteiger partial charge in [0, 0.05) is 23.7 Å². The summed E-state index contributed by atoms with van der Waals surface area (Å²) in [5.41, 5.74) is 1.05. The maximum Gasteiger partial charge on any atom is 0.339 e. The largest absolute Gasteiger partial charge is 0.619 e. The number of carbonyl (C=O) groups excluding carboxylic acids is 2. The lowest BCUT2D eigenvalue weighted by molar-refractivity contribution is -0.605. The third-order valence-electron chi connectivity index (χ3n) is 2.75. The third kappa shape index (κ3) is 4.75. The van der Waals surface area contributed by atoms with E-state index in [1.54, 1.807) is 18.2 Å². The molecule has 22 heavy (non-hydrogen) atoms. The van der Waals surface area contributed by atoms with Crippen molar-refractivity contribution < 1.29 is 19.1 Å². The molecule has 0 fully saturated rings. The number of halogens is 1. The van der Waals surface area contributed by atoms with E-state index in [0.717, 1.165) is 5.56 Å². The molecule has 6 nitrogen and oxygen atoms in total. The van der Waals surface area contributed by atoms with Gasteiger partial charge in [0.15, 0.2) is 19.0 Å². The van der Waals surface area contributed by atoms with Crippen LogP contribution in [0, 0.1) is 5.21 Å². The van der Waals surface area contributed by atoms with Gasteiger partial charge in [0.1, 0.15) is 0 Å². The molecule has 0 aliphatic heterocycles. The molecule has 1 aromatic heterocycles. The summed E-state index contributed by atoms with van der Waals surface area (Å²) in [5, 5.41) is 14.0. The Hall–Kier alpha value is -2.60. The molecule has 0 saturated carbocycles. The number of aromatic nitrogens is 1. The molecule has 0 saturated heterocycles. The first-order chi connectivity index (χ1) is 10.5. The molecule has 1 amide bonds. The fraction of sp³-hybridized carbons (Fsp3) is 0.133. The van der Waals surface area contributed by atoms with Gasteiger partial charge in [-0.1, -0.05) is 23.7 Å². The van der Waals surface area contributed by atoms with E-state index in [-0.39, 0.29) is 5.56 Å². The standard InChI is InChI=1S/C15H13ClN2O4/c16-13-3-1-2-11(8-13)9-17-14(19)10-22-15(20)12-4-6-18(21)7-5-12/h1-8H,9-10H2,(H,17,19). The fourth-order valence-corrected chi connectivity index (χ4v) is 1.87. The monoisotopic (exact) mass is 320 g/mol. The minimum atomic E-state index is -0.668. The molecular formula is C15H13ClN2O4. The fourth-order valence-electron chi connectivity index (χ4n) is 1.66. The Balaban J connectivity index is 1.78. The molecule has 0 spiro atoms. The summed E-state index contributed by atoms with van der Waals surface area (Å²) >= 11 is 5.84. The number of amides is 1. The van der Waals surface area contributed by atoms with E-state index >= 15 is 0 Å². The number of benzene rings is 1.